The third kappa shape index (κ3) is 2.15. The number of benzene rings is 1. The van der Waals surface area contributed by atoms with Crippen LogP contribution in [0, 0.1) is 17.5 Å². The van der Waals surface area contributed by atoms with Gasteiger partial charge in [-0.05, 0) is 18.2 Å². The Morgan fingerprint density at radius 1 is 1.11 bits per heavy atom. The Bertz CT molecular complexity index is 608. The fourth-order valence-corrected chi connectivity index (χ4v) is 3.11. The standard InChI is InChI=1S/C11H9F3O3S/c12-8-1-2-9(11(14)10(8)13)18(15,16)7-3-5-17-6-4-7/h1-3H,4-6H2. The first-order chi connectivity index (χ1) is 8.44. The van der Waals surface area contributed by atoms with Crippen LogP contribution in [0.5, 0.6) is 0 Å². The van der Waals surface area contributed by atoms with Gasteiger partial charge >= 0.3 is 0 Å². The van der Waals surface area contributed by atoms with Crippen molar-refractivity contribution in [2.24, 2.45) is 0 Å². The van der Waals surface area contributed by atoms with Gasteiger partial charge in [-0.25, -0.2) is 21.6 Å². The number of rotatable bonds is 2. The molecule has 18 heavy (non-hydrogen) atoms. The molecule has 0 N–H and O–H groups in total. The highest BCUT2D eigenvalue weighted by Crippen LogP contribution is 2.27. The van der Waals surface area contributed by atoms with Crippen molar-refractivity contribution in [2.75, 3.05) is 13.2 Å². The Balaban J connectivity index is 2.55. The summed E-state index contributed by atoms with van der Waals surface area (Å²) >= 11 is 0. The summed E-state index contributed by atoms with van der Waals surface area (Å²) in [5.41, 5.74) is 0. The molecule has 0 amide bonds. The lowest BCUT2D eigenvalue weighted by Gasteiger charge is -2.14. The molecule has 1 aliphatic rings. The fraction of sp³-hybridized carbons (Fsp3) is 0.273. The van der Waals surface area contributed by atoms with Gasteiger partial charge in [0, 0.05) is 11.3 Å². The molecule has 0 aromatic heterocycles. The minimum Gasteiger partial charge on any atom is -0.377 e. The van der Waals surface area contributed by atoms with E-state index in [1.54, 1.807) is 0 Å². The van der Waals surface area contributed by atoms with Crippen LogP contribution in [-0.4, -0.2) is 21.6 Å². The molecule has 7 heteroatoms. The molecule has 98 valence electrons. The molecular weight excluding hydrogens is 269 g/mol. The summed E-state index contributed by atoms with van der Waals surface area (Å²) < 4.78 is 68.2. The van der Waals surface area contributed by atoms with Crippen molar-refractivity contribution in [2.45, 2.75) is 11.3 Å². The van der Waals surface area contributed by atoms with E-state index in [9.17, 15) is 21.6 Å². The van der Waals surface area contributed by atoms with Crippen LogP contribution in [0.25, 0.3) is 0 Å². The second-order valence-electron chi connectivity index (χ2n) is 3.67. The molecule has 3 nitrogen and oxygen atoms in total. The number of halogens is 3. The fourth-order valence-electron chi connectivity index (χ4n) is 1.61. The molecular formula is C11H9F3O3S. The van der Waals surface area contributed by atoms with Crippen LogP contribution < -0.4 is 0 Å². The summed E-state index contributed by atoms with van der Waals surface area (Å²) in [7, 11) is -4.13. The zero-order valence-corrected chi connectivity index (χ0v) is 9.94. The van der Waals surface area contributed by atoms with Crippen LogP contribution in [0.3, 0.4) is 0 Å². The van der Waals surface area contributed by atoms with Crippen molar-refractivity contribution in [3.63, 3.8) is 0 Å². The van der Waals surface area contributed by atoms with Gasteiger partial charge in [-0.3, -0.25) is 0 Å². The Morgan fingerprint density at radius 3 is 2.44 bits per heavy atom. The van der Waals surface area contributed by atoms with Gasteiger partial charge in [0.1, 0.15) is 4.90 Å². The molecule has 0 unspecified atom stereocenters. The third-order valence-corrected chi connectivity index (χ3v) is 4.51. The van der Waals surface area contributed by atoms with Crippen LogP contribution >= 0.6 is 0 Å². The summed E-state index contributed by atoms with van der Waals surface area (Å²) in [6.45, 7) is 0.288. The van der Waals surface area contributed by atoms with Crippen molar-refractivity contribution in [3.8, 4) is 0 Å². The average molecular weight is 278 g/mol. The summed E-state index contributed by atoms with van der Waals surface area (Å²) in [6, 6.07) is 1.31. The minimum absolute atomic E-state index is 0.0429. The van der Waals surface area contributed by atoms with E-state index in [0.717, 1.165) is 6.07 Å². The molecule has 0 spiro atoms. The molecule has 0 radical (unpaired) electrons. The van der Waals surface area contributed by atoms with Gasteiger partial charge in [0.15, 0.2) is 17.5 Å². The van der Waals surface area contributed by atoms with Crippen LogP contribution in [0.4, 0.5) is 13.2 Å². The number of ether oxygens (including phenoxy) is 1. The second-order valence-corrected chi connectivity index (χ2v) is 5.64. The maximum absolute atomic E-state index is 13.5. The van der Waals surface area contributed by atoms with E-state index in [-0.39, 0.29) is 24.5 Å². The molecule has 1 aliphatic heterocycles. The number of sulfone groups is 1. The molecule has 0 saturated heterocycles. The van der Waals surface area contributed by atoms with E-state index in [1.165, 1.54) is 6.08 Å². The average Bonchev–Trinajstić information content (AvgIpc) is 2.37. The van der Waals surface area contributed by atoms with Gasteiger partial charge in [-0.15, -0.1) is 0 Å². The lowest BCUT2D eigenvalue weighted by Crippen LogP contribution is -2.15. The zero-order valence-electron chi connectivity index (χ0n) is 9.12. The van der Waals surface area contributed by atoms with Crippen molar-refractivity contribution >= 4 is 9.84 Å². The third-order valence-electron chi connectivity index (χ3n) is 2.56. The largest absolute Gasteiger partial charge is 0.377 e. The normalized spacial score (nSPS) is 16.5. The van der Waals surface area contributed by atoms with Crippen molar-refractivity contribution in [3.05, 3.63) is 40.6 Å². The van der Waals surface area contributed by atoms with Gasteiger partial charge in [0.2, 0.25) is 9.84 Å². The lowest BCUT2D eigenvalue weighted by molar-refractivity contribution is 0.157. The quantitative estimate of drug-likeness (QED) is 0.615. The Morgan fingerprint density at radius 2 is 1.83 bits per heavy atom. The topological polar surface area (TPSA) is 43.4 Å². The predicted octanol–water partition coefficient (Wildman–Crippen LogP) is 2.18. The summed E-state index contributed by atoms with van der Waals surface area (Å²) in [4.78, 5) is -0.895. The molecule has 0 bridgehead atoms. The van der Waals surface area contributed by atoms with Gasteiger partial charge in [0.05, 0.1) is 13.2 Å². The van der Waals surface area contributed by atoms with Crippen molar-refractivity contribution < 1.29 is 26.3 Å². The van der Waals surface area contributed by atoms with E-state index in [0.29, 0.717) is 6.07 Å². The van der Waals surface area contributed by atoms with E-state index < -0.39 is 32.2 Å². The molecule has 0 aliphatic carbocycles. The monoisotopic (exact) mass is 278 g/mol. The predicted molar refractivity (Wildman–Crippen MR) is 57.0 cm³/mol. The first-order valence-electron chi connectivity index (χ1n) is 5.10. The second kappa shape index (κ2) is 4.74. The molecule has 1 aromatic carbocycles. The Hall–Kier alpha value is -1.34. The first kappa shape index (κ1) is 13.1. The van der Waals surface area contributed by atoms with E-state index in [4.69, 9.17) is 4.74 Å². The summed E-state index contributed by atoms with van der Waals surface area (Å²) in [5.74, 6) is -4.90. The molecule has 1 aromatic rings. The smallest absolute Gasteiger partial charge is 0.205 e. The molecule has 0 saturated carbocycles. The Kier molecular flexibility index (Phi) is 3.45. The van der Waals surface area contributed by atoms with Gasteiger partial charge < -0.3 is 4.74 Å². The highest BCUT2D eigenvalue weighted by Gasteiger charge is 2.28. The summed E-state index contributed by atoms with van der Waals surface area (Å²) in [6.07, 6.45) is 1.38. The van der Waals surface area contributed by atoms with Gasteiger partial charge in [-0.1, -0.05) is 0 Å². The zero-order chi connectivity index (χ0) is 13.3. The summed E-state index contributed by atoms with van der Waals surface area (Å²) in [5, 5.41) is 0. The van der Waals surface area contributed by atoms with Crippen LogP contribution in [-0.2, 0) is 14.6 Å². The van der Waals surface area contributed by atoms with Crippen LogP contribution in [0.2, 0.25) is 0 Å². The van der Waals surface area contributed by atoms with Crippen molar-refractivity contribution in [1.29, 1.82) is 0 Å². The maximum atomic E-state index is 13.5. The Labute approximate surface area is 102 Å². The lowest BCUT2D eigenvalue weighted by atomic mass is 10.3. The molecule has 0 fully saturated rings. The van der Waals surface area contributed by atoms with E-state index in [1.807, 2.05) is 0 Å². The first-order valence-corrected chi connectivity index (χ1v) is 6.58. The van der Waals surface area contributed by atoms with E-state index >= 15 is 0 Å². The maximum Gasteiger partial charge on any atom is 0.205 e. The number of hydrogen-bond donors (Lipinski definition) is 0. The molecule has 0 atom stereocenters. The van der Waals surface area contributed by atoms with Crippen LogP contribution in [0.15, 0.2) is 28.0 Å². The minimum atomic E-state index is -4.13. The highest BCUT2D eigenvalue weighted by atomic mass is 32.2. The SMILES string of the molecule is O=S(=O)(C1=CCOCC1)c1ccc(F)c(F)c1F. The van der Waals surface area contributed by atoms with Crippen molar-refractivity contribution in [1.82, 2.24) is 0 Å². The van der Waals surface area contributed by atoms with E-state index in [2.05, 4.69) is 0 Å². The highest BCUT2D eigenvalue weighted by molar-refractivity contribution is 7.95. The van der Waals surface area contributed by atoms with Crippen LogP contribution in [0.1, 0.15) is 6.42 Å². The number of hydrogen-bond acceptors (Lipinski definition) is 3. The van der Waals surface area contributed by atoms with Gasteiger partial charge in [0.25, 0.3) is 0 Å². The van der Waals surface area contributed by atoms with Gasteiger partial charge in [-0.2, -0.15) is 0 Å². The molecule has 1 heterocycles. The molecule has 2 rings (SSSR count).